The first-order chi connectivity index (χ1) is 8.26. The maximum Gasteiger partial charge on any atom is 0.190 e. The molecule has 2 N–H and O–H groups in total. The molecule has 0 bridgehead atoms. The molecule has 0 saturated heterocycles. The Hall–Kier alpha value is -0.730. The molecular weight excluding hydrogens is 210 g/mol. The van der Waals surface area contributed by atoms with E-state index < -0.39 is 0 Å². The summed E-state index contributed by atoms with van der Waals surface area (Å²) in [5.41, 5.74) is 0.557. The van der Waals surface area contributed by atoms with Gasteiger partial charge in [-0.05, 0) is 31.1 Å². The van der Waals surface area contributed by atoms with Gasteiger partial charge in [0.25, 0.3) is 0 Å². The van der Waals surface area contributed by atoms with Crippen molar-refractivity contribution in [1.82, 2.24) is 10.6 Å². The van der Waals surface area contributed by atoms with Gasteiger partial charge in [-0.25, -0.2) is 0 Å². The Kier molecular flexibility index (Phi) is 6.38. The zero-order chi connectivity index (χ0) is 12.6. The number of rotatable bonds is 7. The van der Waals surface area contributed by atoms with Gasteiger partial charge in [0.15, 0.2) is 5.96 Å². The van der Waals surface area contributed by atoms with E-state index in [9.17, 15) is 0 Å². The van der Waals surface area contributed by atoms with Crippen molar-refractivity contribution in [2.75, 3.05) is 20.1 Å². The van der Waals surface area contributed by atoms with Crippen molar-refractivity contribution in [1.29, 1.82) is 0 Å². The topological polar surface area (TPSA) is 36.4 Å². The van der Waals surface area contributed by atoms with Crippen LogP contribution in [0.5, 0.6) is 0 Å². The van der Waals surface area contributed by atoms with Crippen LogP contribution in [0.4, 0.5) is 0 Å². The maximum atomic E-state index is 4.28. The predicted molar refractivity (Wildman–Crippen MR) is 75.5 cm³/mol. The molecule has 3 heteroatoms. The predicted octanol–water partition coefficient (Wildman–Crippen LogP) is 2.92. The van der Waals surface area contributed by atoms with Crippen LogP contribution in [-0.4, -0.2) is 26.1 Å². The van der Waals surface area contributed by atoms with Crippen molar-refractivity contribution in [3.05, 3.63) is 0 Å². The largest absolute Gasteiger partial charge is 0.356 e. The lowest BCUT2D eigenvalue weighted by Crippen LogP contribution is -2.46. The highest BCUT2D eigenvalue weighted by Gasteiger charge is 2.34. The van der Waals surface area contributed by atoms with Crippen molar-refractivity contribution < 1.29 is 0 Å². The fraction of sp³-hybridized carbons (Fsp3) is 0.929. The number of unbranched alkanes of at least 4 members (excludes halogenated alkanes) is 2. The average molecular weight is 239 g/mol. The van der Waals surface area contributed by atoms with Gasteiger partial charge in [0.05, 0.1) is 0 Å². The van der Waals surface area contributed by atoms with E-state index in [4.69, 9.17) is 0 Å². The third-order valence-corrected chi connectivity index (χ3v) is 4.09. The monoisotopic (exact) mass is 239 g/mol. The minimum atomic E-state index is 0.557. The second kappa shape index (κ2) is 7.57. The third kappa shape index (κ3) is 4.57. The molecule has 3 nitrogen and oxygen atoms in total. The van der Waals surface area contributed by atoms with Gasteiger partial charge in [0.1, 0.15) is 0 Å². The van der Waals surface area contributed by atoms with Gasteiger partial charge in [-0.15, -0.1) is 0 Å². The van der Waals surface area contributed by atoms with Gasteiger partial charge in [0.2, 0.25) is 0 Å². The van der Waals surface area contributed by atoms with Crippen LogP contribution >= 0.6 is 0 Å². The minimum Gasteiger partial charge on any atom is -0.356 e. The summed E-state index contributed by atoms with van der Waals surface area (Å²) in [4.78, 5) is 4.28. The second-order valence-corrected chi connectivity index (χ2v) is 5.27. The SMILES string of the molecule is CCCCCNC(=NC)NCC1(CC)CCC1. The zero-order valence-electron chi connectivity index (χ0n) is 11.8. The number of nitrogens with one attached hydrogen (secondary N) is 2. The number of aliphatic imine (C=N–C) groups is 1. The maximum absolute atomic E-state index is 4.28. The van der Waals surface area contributed by atoms with E-state index in [1.54, 1.807) is 0 Å². The summed E-state index contributed by atoms with van der Waals surface area (Å²) < 4.78 is 0. The number of hydrogen-bond donors (Lipinski definition) is 2. The highest BCUT2D eigenvalue weighted by atomic mass is 15.2. The molecule has 0 unspecified atom stereocenters. The van der Waals surface area contributed by atoms with Gasteiger partial charge in [-0.2, -0.15) is 0 Å². The fourth-order valence-electron chi connectivity index (χ4n) is 2.41. The van der Waals surface area contributed by atoms with Gasteiger partial charge < -0.3 is 10.6 Å². The van der Waals surface area contributed by atoms with E-state index >= 15 is 0 Å². The third-order valence-electron chi connectivity index (χ3n) is 4.09. The molecule has 100 valence electrons. The first-order valence-corrected chi connectivity index (χ1v) is 7.21. The van der Waals surface area contributed by atoms with E-state index in [2.05, 4.69) is 29.5 Å². The number of guanidine groups is 1. The zero-order valence-corrected chi connectivity index (χ0v) is 11.8. The first kappa shape index (κ1) is 14.3. The molecule has 1 aliphatic rings. The molecule has 1 fully saturated rings. The average Bonchev–Trinajstić information content (AvgIpc) is 2.31. The molecule has 0 amide bonds. The Labute approximate surface area is 106 Å². The number of nitrogens with zero attached hydrogens (tertiary/aromatic N) is 1. The summed E-state index contributed by atoms with van der Waals surface area (Å²) in [5.74, 6) is 0.973. The second-order valence-electron chi connectivity index (χ2n) is 5.27. The summed E-state index contributed by atoms with van der Waals surface area (Å²) in [6.07, 6.45) is 9.24. The summed E-state index contributed by atoms with van der Waals surface area (Å²) in [6, 6.07) is 0. The van der Waals surface area contributed by atoms with Crippen LogP contribution in [0.2, 0.25) is 0 Å². The molecule has 0 spiro atoms. The molecule has 17 heavy (non-hydrogen) atoms. The van der Waals surface area contributed by atoms with Crippen LogP contribution in [0.1, 0.15) is 58.8 Å². The molecule has 0 aliphatic heterocycles. The minimum absolute atomic E-state index is 0.557. The molecule has 0 radical (unpaired) electrons. The quantitative estimate of drug-likeness (QED) is 0.407. The van der Waals surface area contributed by atoms with E-state index in [1.165, 1.54) is 44.9 Å². The van der Waals surface area contributed by atoms with Gasteiger partial charge in [0, 0.05) is 20.1 Å². The Morgan fingerprint density at radius 1 is 1.18 bits per heavy atom. The molecule has 0 aromatic rings. The van der Waals surface area contributed by atoms with Crippen LogP contribution in [0, 0.1) is 5.41 Å². The van der Waals surface area contributed by atoms with Crippen molar-refractivity contribution in [3.8, 4) is 0 Å². The fourth-order valence-corrected chi connectivity index (χ4v) is 2.41. The summed E-state index contributed by atoms with van der Waals surface area (Å²) >= 11 is 0. The lowest BCUT2D eigenvalue weighted by Gasteiger charge is -2.41. The first-order valence-electron chi connectivity index (χ1n) is 7.21. The standard InChI is InChI=1S/C14H29N3/c1-4-6-7-11-16-13(15-3)17-12-14(5-2)9-8-10-14/h4-12H2,1-3H3,(H2,15,16,17). The molecule has 0 atom stereocenters. The molecular formula is C14H29N3. The van der Waals surface area contributed by atoms with Gasteiger partial charge >= 0.3 is 0 Å². The Bertz CT molecular complexity index is 226. The lowest BCUT2D eigenvalue weighted by molar-refractivity contribution is 0.131. The van der Waals surface area contributed by atoms with E-state index in [0.717, 1.165) is 19.0 Å². The van der Waals surface area contributed by atoms with Crippen molar-refractivity contribution >= 4 is 5.96 Å². The Balaban J connectivity index is 2.18. The van der Waals surface area contributed by atoms with Crippen molar-refractivity contribution in [3.63, 3.8) is 0 Å². The van der Waals surface area contributed by atoms with Crippen LogP contribution in [0.15, 0.2) is 4.99 Å². The lowest BCUT2D eigenvalue weighted by atomic mass is 9.67. The van der Waals surface area contributed by atoms with E-state index in [0.29, 0.717) is 5.41 Å². The Morgan fingerprint density at radius 3 is 2.41 bits per heavy atom. The van der Waals surface area contributed by atoms with Gasteiger partial charge in [-0.3, -0.25) is 4.99 Å². The van der Waals surface area contributed by atoms with Crippen molar-refractivity contribution in [2.24, 2.45) is 10.4 Å². The summed E-state index contributed by atoms with van der Waals surface area (Å²) in [6.45, 7) is 6.65. The normalized spacial score (nSPS) is 18.6. The molecule has 1 aliphatic carbocycles. The van der Waals surface area contributed by atoms with Crippen LogP contribution in [0.3, 0.4) is 0 Å². The summed E-state index contributed by atoms with van der Waals surface area (Å²) in [5, 5.41) is 6.87. The highest BCUT2D eigenvalue weighted by molar-refractivity contribution is 5.79. The van der Waals surface area contributed by atoms with Gasteiger partial charge in [-0.1, -0.05) is 33.1 Å². The van der Waals surface area contributed by atoms with E-state index in [1.807, 2.05) is 7.05 Å². The molecule has 0 aromatic carbocycles. The Morgan fingerprint density at radius 2 is 1.94 bits per heavy atom. The molecule has 1 rings (SSSR count). The molecule has 0 aromatic heterocycles. The molecule has 1 saturated carbocycles. The van der Waals surface area contributed by atoms with Crippen LogP contribution < -0.4 is 10.6 Å². The molecule has 0 heterocycles. The van der Waals surface area contributed by atoms with Crippen molar-refractivity contribution in [2.45, 2.75) is 58.8 Å². The summed E-state index contributed by atoms with van der Waals surface area (Å²) in [7, 11) is 1.86. The number of hydrogen-bond acceptors (Lipinski definition) is 1. The van der Waals surface area contributed by atoms with Crippen LogP contribution in [-0.2, 0) is 0 Å². The smallest absolute Gasteiger partial charge is 0.190 e. The van der Waals surface area contributed by atoms with E-state index in [-0.39, 0.29) is 0 Å². The van der Waals surface area contributed by atoms with Crippen LogP contribution in [0.25, 0.3) is 0 Å². The highest BCUT2D eigenvalue weighted by Crippen LogP contribution is 2.42.